The van der Waals surface area contributed by atoms with E-state index in [0.717, 1.165) is 12.1 Å². The summed E-state index contributed by atoms with van der Waals surface area (Å²) in [5.74, 6) is 0.710. The second-order valence-electron chi connectivity index (χ2n) is 5.10. The van der Waals surface area contributed by atoms with Crippen LogP contribution in [0.2, 0.25) is 0 Å². The van der Waals surface area contributed by atoms with Gasteiger partial charge in [-0.2, -0.15) is 0 Å². The number of nitrogens with one attached hydrogen (secondary N) is 1. The molecule has 0 spiro atoms. The number of anilines is 1. The first-order valence-electron chi connectivity index (χ1n) is 7.16. The Morgan fingerprint density at radius 3 is 3.09 bits per heavy atom. The molecule has 1 N–H and O–H groups in total. The molecule has 1 amide bonds. The highest BCUT2D eigenvalue weighted by Gasteiger charge is 2.18. The summed E-state index contributed by atoms with van der Waals surface area (Å²) in [5, 5.41) is 2.76. The van der Waals surface area contributed by atoms with Crippen molar-refractivity contribution >= 4 is 11.7 Å². The SMILES string of the molecule is Cc1cccc(NC(=O)c2ccnc(O[C@@H]3CCOC3)c2)n1. The van der Waals surface area contributed by atoms with Crippen molar-refractivity contribution < 1.29 is 14.3 Å². The molecule has 0 aliphatic carbocycles. The third kappa shape index (κ3) is 3.59. The van der Waals surface area contributed by atoms with Gasteiger partial charge in [0.2, 0.25) is 5.88 Å². The van der Waals surface area contributed by atoms with E-state index in [1.54, 1.807) is 24.4 Å². The molecule has 0 saturated carbocycles. The number of aromatic nitrogens is 2. The van der Waals surface area contributed by atoms with E-state index in [9.17, 15) is 4.79 Å². The van der Waals surface area contributed by atoms with Gasteiger partial charge in [-0.05, 0) is 25.1 Å². The Labute approximate surface area is 128 Å². The number of nitrogens with zero attached hydrogens (tertiary/aromatic N) is 2. The molecule has 1 saturated heterocycles. The normalized spacial score (nSPS) is 17.2. The van der Waals surface area contributed by atoms with Crippen molar-refractivity contribution in [2.75, 3.05) is 18.5 Å². The van der Waals surface area contributed by atoms with Gasteiger partial charge in [-0.1, -0.05) is 6.07 Å². The lowest BCUT2D eigenvalue weighted by Crippen LogP contribution is -2.17. The maximum Gasteiger partial charge on any atom is 0.257 e. The van der Waals surface area contributed by atoms with E-state index in [-0.39, 0.29) is 12.0 Å². The average Bonchev–Trinajstić information content (AvgIpc) is 3.00. The fourth-order valence-corrected chi connectivity index (χ4v) is 2.19. The summed E-state index contributed by atoms with van der Waals surface area (Å²) in [6, 6.07) is 8.74. The average molecular weight is 299 g/mol. The third-order valence-electron chi connectivity index (χ3n) is 3.30. The smallest absolute Gasteiger partial charge is 0.257 e. The van der Waals surface area contributed by atoms with E-state index in [0.29, 0.717) is 30.5 Å². The Kier molecular flexibility index (Phi) is 4.29. The van der Waals surface area contributed by atoms with Gasteiger partial charge in [0.05, 0.1) is 13.2 Å². The fraction of sp³-hybridized carbons (Fsp3) is 0.312. The van der Waals surface area contributed by atoms with Gasteiger partial charge < -0.3 is 14.8 Å². The van der Waals surface area contributed by atoms with E-state index in [1.807, 2.05) is 19.1 Å². The van der Waals surface area contributed by atoms with Crippen molar-refractivity contribution in [3.05, 3.63) is 47.8 Å². The number of rotatable bonds is 4. The molecule has 6 heteroatoms. The van der Waals surface area contributed by atoms with Gasteiger partial charge in [0.15, 0.2) is 0 Å². The van der Waals surface area contributed by atoms with Crippen molar-refractivity contribution in [3.63, 3.8) is 0 Å². The van der Waals surface area contributed by atoms with Gasteiger partial charge >= 0.3 is 0 Å². The summed E-state index contributed by atoms with van der Waals surface area (Å²) >= 11 is 0. The van der Waals surface area contributed by atoms with Crippen LogP contribution in [-0.2, 0) is 4.74 Å². The first-order chi connectivity index (χ1) is 10.7. The summed E-state index contributed by atoms with van der Waals surface area (Å²) in [4.78, 5) is 20.6. The quantitative estimate of drug-likeness (QED) is 0.937. The van der Waals surface area contributed by atoms with E-state index < -0.39 is 0 Å². The molecule has 1 fully saturated rings. The zero-order valence-corrected chi connectivity index (χ0v) is 12.3. The van der Waals surface area contributed by atoms with Crippen LogP contribution < -0.4 is 10.1 Å². The second kappa shape index (κ2) is 6.53. The number of carbonyl (C=O) groups excluding carboxylic acids is 1. The van der Waals surface area contributed by atoms with Gasteiger partial charge in [0.25, 0.3) is 5.91 Å². The van der Waals surface area contributed by atoms with Crippen LogP contribution in [0.3, 0.4) is 0 Å². The molecule has 2 aromatic rings. The molecule has 1 aliphatic rings. The van der Waals surface area contributed by atoms with E-state index in [4.69, 9.17) is 9.47 Å². The monoisotopic (exact) mass is 299 g/mol. The topological polar surface area (TPSA) is 73.3 Å². The number of carbonyl (C=O) groups is 1. The van der Waals surface area contributed by atoms with Crippen molar-refractivity contribution in [2.45, 2.75) is 19.4 Å². The van der Waals surface area contributed by atoms with Gasteiger partial charge in [-0.3, -0.25) is 4.79 Å². The summed E-state index contributed by atoms with van der Waals surface area (Å²) in [5.41, 5.74) is 1.32. The lowest BCUT2D eigenvalue weighted by atomic mass is 10.2. The molecular formula is C16H17N3O3. The minimum atomic E-state index is -0.243. The van der Waals surface area contributed by atoms with E-state index in [2.05, 4.69) is 15.3 Å². The zero-order valence-electron chi connectivity index (χ0n) is 12.3. The van der Waals surface area contributed by atoms with Crippen molar-refractivity contribution in [1.82, 2.24) is 9.97 Å². The van der Waals surface area contributed by atoms with Gasteiger partial charge in [-0.15, -0.1) is 0 Å². The first kappa shape index (κ1) is 14.5. The Hall–Kier alpha value is -2.47. The maximum absolute atomic E-state index is 12.3. The molecule has 3 rings (SSSR count). The number of aryl methyl sites for hydroxylation is 1. The third-order valence-corrected chi connectivity index (χ3v) is 3.30. The molecular weight excluding hydrogens is 282 g/mol. The predicted octanol–water partition coefficient (Wildman–Crippen LogP) is 2.21. The largest absolute Gasteiger partial charge is 0.472 e. The van der Waals surface area contributed by atoms with Crippen LogP contribution in [0.4, 0.5) is 5.82 Å². The van der Waals surface area contributed by atoms with Crippen LogP contribution in [0.5, 0.6) is 5.88 Å². The summed E-state index contributed by atoms with van der Waals surface area (Å²) in [6.07, 6.45) is 2.40. The second-order valence-corrected chi connectivity index (χ2v) is 5.10. The highest BCUT2D eigenvalue weighted by Crippen LogP contribution is 2.16. The van der Waals surface area contributed by atoms with Gasteiger partial charge in [0.1, 0.15) is 11.9 Å². The molecule has 114 valence electrons. The molecule has 22 heavy (non-hydrogen) atoms. The predicted molar refractivity (Wildman–Crippen MR) is 81.0 cm³/mol. The zero-order chi connectivity index (χ0) is 15.4. The number of hydrogen-bond donors (Lipinski definition) is 1. The van der Waals surface area contributed by atoms with Crippen LogP contribution >= 0.6 is 0 Å². The minimum Gasteiger partial charge on any atom is -0.472 e. The van der Waals surface area contributed by atoms with E-state index in [1.165, 1.54) is 0 Å². The summed E-state index contributed by atoms with van der Waals surface area (Å²) < 4.78 is 11.0. The Morgan fingerprint density at radius 1 is 1.41 bits per heavy atom. The van der Waals surface area contributed by atoms with Crippen LogP contribution in [0.15, 0.2) is 36.5 Å². The lowest BCUT2D eigenvalue weighted by Gasteiger charge is -2.11. The number of pyridine rings is 2. The highest BCUT2D eigenvalue weighted by atomic mass is 16.5. The number of hydrogen-bond acceptors (Lipinski definition) is 5. The molecule has 0 bridgehead atoms. The standard InChI is InChI=1S/C16H17N3O3/c1-11-3-2-4-14(18-11)19-16(20)12-5-7-17-15(9-12)22-13-6-8-21-10-13/h2-5,7,9,13H,6,8,10H2,1H3,(H,18,19,20)/t13-/m1/s1. The van der Waals surface area contributed by atoms with Crippen LogP contribution in [-0.4, -0.2) is 35.2 Å². The van der Waals surface area contributed by atoms with Gasteiger partial charge in [-0.25, -0.2) is 9.97 Å². The fourth-order valence-electron chi connectivity index (χ4n) is 2.19. The summed E-state index contributed by atoms with van der Waals surface area (Å²) in [7, 11) is 0. The number of amides is 1. The Balaban J connectivity index is 1.69. The molecule has 1 atom stereocenters. The minimum absolute atomic E-state index is 0.00394. The van der Waals surface area contributed by atoms with Crippen LogP contribution in [0.25, 0.3) is 0 Å². The molecule has 0 radical (unpaired) electrons. The Morgan fingerprint density at radius 2 is 2.32 bits per heavy atom. The highest BCUT2D eigenvalue weighted by molar-refractivity contribution is 6.03. The molecule has 1 aliphatic heterocycles. The van der Waals surface area contributed by atoms with Crippen molar-refractivity contribution in [2.24, 2.45) is 0 Å². The molecule has 0 unspecified atom stereocenters. The van der Waals surface area contributed by atoms with Crippen LogP contribution in [0, 0.1) is 6.92 Å². The Bertz CT molecular complexity index is 669. The molecule has 0 aromatic carbocycles. The molecule has 3 heterocycles. The van der Waals surface area contributed by atoms with Crippen molar-refractivity contribution in [3.8, 4) is 5.88 Å². The van der Waals surface area contributed by atoms with Crippen molar-refractivity contribution in [1.29, 1.82) is 0 Å². The lowest BCUT2D eigenvalue weighted by molar-refractivity contribution is 0.102. The maximum atomic E-state index is 12.3. The van der Waals surface area contributed by atoms with Gasteiger partial charge in [0, 0.05) is 29.9 Å². The van der Waals surface area contributed by atoms with Crippen LogP contribution in [0.1, 0.15) is 22.5 Å². The van der Waals surface area contributed by atoms with E-state index >= 15 is 0 Å². The summed E-state index contributed by atoms with van der Waals surface area (Å²) in [6.45, 7) is 3.13. The molecule has 6 nitrogen and oxygen atoms in total. The molecule has 2 aromatic heterocycles. The number of ether oxygens (including phenoxy) is 2. The first-order valence-corrected chi connectivity index (χ1v) is 7.16.